The van der Waals surface area contributed by atoms with Crippen LogP contribution in [0.3, 0.4) is 0 Å². The van der Waals surface area contributed by atoms with Gasteiger partial charge in [0.2, 0.25) is 0 Å². The Morgan fingerprint density at radius 2 is 0.774 bits per heavy atom. The predicted octanol–water partition coefficient (Wildman–Crippen LogP) is 17.2. The van der Waals surface area contributed by atoms with E-state index >= 15 is 0 Å². The van der Waals surface area contributed by atoms with Gasteiger partial charge in [0.1, 0.15) is 11.3 Å². The van der Waals surface area contributed by atoms with Crippen molar-refractivity contribution in [3.8, 4) is 44.7 Å². The number of nitrogens with zero attached hydrogens (tertiary/aromatic N) is 1. The van der Waals surface area contributed by atoms with Crippen molar-refractivity contribution >= 4 is 71.1 Å². The van der Waals surface area contributed by atoms with E-state index in [-0.39, 0.29) is 0 Å². The zero-order valence-electron chi connectivity index (χ0n) is 33.9. The molecule has 0 unspecified atom stereocenters. The lowest BCUT2D eigenvalue weighted by Gasteiger charge is -2.26. The molecule has 12 rings (SSSR count). The molecule has 0 saturated heterocycles. The predicted molar refractivity (Wildman–Crippen MR) is 263 cm³/mol. The molecular weight excluding hydrogens is 751 g/mol. The first kappa shape index (κ1) is 35.7. The highest BCUT2D eigenvalue weighted by atomic mass is 16.3. The van der Waals surface area contributed by atoms with Gasteiger partial charge < -0.3 is 9.32 Å². The Balaban J connectivity index is 0.927. The van der Waals surface area contributed by atoms with E-state index in [0.717, 1.165) is 44.9 Å². The van der Waals surface area contributed by atoms with Crippen LogP contribution in [-0.2, 0) is 0 Å². The molecule has 0 amide bonds. The van der Waals surface area contributed by atoms with Crippen LogP contribution in [0.1, 0.15) is 0 Å². The van der Waals surface area contributed by atoms with Gasteiger partial charge in [0.05, 0.1) is 0 Å². The summed E-state index contributed by atoms with van der Waals surface area (Å²) < 4.78 is 6.22. The van der Waals surface area contributed by atoms with E-state index in [1.54, 1.807) is 0 Å². The maximum atomic E-state index is 6.22. The molecule has 2 nitrogen and oxygen atoms in total. The van der Waals surface area contributed by atoms with Crippen LogP contribution in [0.5, 0.6) is 0 Å². The van der Waals surface area contributed by atoms with E-state index in [9.17, 15) is 0 Å². The first-order chi connectivity index (χ1) is 30.7. The zero-order valence-corrected chi connectivity index (χ0v) is 33.9. The van der Waals surface area contributed by atoms with E-state index in [1.165, 1.54) is 70.9 Å². The fourth-order valence-corrected chi connectivity index (χ4v) is 9.23. The van der Waals surface area contributed by atoms with E-state index in [2.05, 4.69) is 223 Å². The maximum Gasteiger partial charge on any atom is 0.135 e. The molecule has 0 atom stereocenters. The van der Waals surface area contributed by atoms with Crippen molar-refractivity contribution in [1.29, 1.82) is 0 Å². The Hall–Kier alpha value is -8.20. The minimum Gasteiger partial charge on any atom is -0.456 e. The lowest BCUT2D eigenvalue weighted by atomic mass is 9.93. The fourth-order valence-electron chi connectivity index (χ4n) is 9.23. The molecule has 62 heavy (non-hydrogen) atoms. The second-order valence-corrected chi connectivity index (χ2v) is 16.2. The number of anilines is 3. The summed E-state index contributed by atoms with van der Waals surface area (Å²) in [6, 6.07) is 85.6. The number of furan rings is 1. The second-order valence-electron chi connectivity index (χ2n) is 16.2. The molecule has 0 aliphatic rings. The molecule has 290 valence electrons. The van der Waals surface area contributed by atoms with Gasteiger partial charge in [-0.3, -0.25) is 0 Å². The third kappa shape index (κ3) is 6.38. The van der Waals surface area contributed by atoms with Gasteiger partial charge in [-0.05, 0) is 149 Å². The summed E-state index contributed by atoms with van der Waals surface area (Å²) in [4.78, 5) is 2.37. The van der Waals surface area contributed by atoms with Crippen molar-refractivity contribution in [2.24, 2.45) is 0 Å². The summed E-state index contributed by atoms with van der Waals surface area (Å²) in [5, 5.41) is 11.0. The van der Waals surface area contributed by atoms with E-state index in [1.807, 2.05) is 18.2 Å². The van der Waals surface area contributed by atoms with Gasteiger partial charge in [-0.1, -0.05) is 164 Å². The monoisotopic (exact) mass is 789 g/mol. The van der Waals surface area contributed by atoms with Crippen molar-refractivity contribution in [3.63, 3.8) is 0 Å². The smallest absolute Gasteiger partial charge is 0.135 e. The Kier molecular flexibility index (Phi) is 8.53. The van der Waals surface area contributed by atoms with Gasteiger partial charge in [0.25, 0.3) is 0 Å². The van der Waals surface area contributed by atoms with Crippen molar-refractivity contribution in [1.82, 2.24) is 0 Å². The molecule has 0 aliphatic heterocycles. The van der Waals surface area contributed by atoms with Gasteiger partial charge in [-0.2, -0.15) is 0 Å². The van der Waals surface area contributed by atoms with Crippen LogP contribution in [0.25, 0.3) is 98.8 Å². The van der Waals surface area contributed by atoms with Crippen LogP contribution in [0.4, 0.5) is 17.1 Å². The highest BCUT2D eigenvalue weighted by Crippen LogP contribution is 2.41. The topological polar surface area (TPSA) is 16.4 Å². The summed E-state index contributed by atoms with van der Waals surface area (Å²) in [7, 11) is 0. The molecule has 0 spiro atoms. The number of fused-ring (bicyclic) bond motifs is 6. The number of hydrogen-bond acceptors (Lipinski definition) is 2. The van der Waals surface area contributed by atoms with Crippen molar-refractivity contribution < 1.29 is 4.42 Å². The summed E-state index contributed by atoms with van der Waals surface area (Å²) in [6.07, 6.45) is 0. The molecule has 1 heterocycles. The minimum atomic E-state index is 0.877. The van der Waals surface area contributed by atoms with Gasteiger partial charge in [0, 0.05) is 28.0 Å². The Bertz CT molecular complexity index is 3600. The number of para-hydroxylation sites is 1. The van der Waals surface area contributed by atoms with Crippen molar-refractivity contribution in [2.45, 2.75) is 0 Å². The van der Waals surface area contributed by atoms with Crippen LogP contribution in [-0.4, -0.2) is 0 Å². The lowest BCUT2D eigenvalue weighted by Crippen LogP contribution is -2.09. The van der Waals surface area contributed by atoms with Crippen LogP contribution in [0, 0.1) is 0 Å². The Morgan fingerprint density at radius 3 is 1.55 bits per heavy atom. The summed E-state index contributed by atoms with van der Waals surface area (Å²) in [5.41, 5.74) is 12.4. The molecule has 0 bridgehead atoms. The van der Waals surface area contributed by atoms with Gasteiger partial charge in [0.15, 0.2) is 0 Å². The molecule has 0 N–H and O–H groups in total. The van der Waals surface area contributed by atoms with Gasteiger partial charge >= 0.3 is 0 Å². The summed E-state index contributed by atoms with van der Waals surface area (Å²) in [6.45, 7) is 0. The van der Waals surface area contributed by atoms with E-state index < -0.39 is 0 Å². The average Bonchev–Trinajstić information content (AvgIpc) is 3.79. The van der Waals surface area contributed by atoms with Crippen LogP contribution >= 0.6 is 0 Å². The van der Waals surface area contributed by atoms with Gasteiger partial charge in [-0.15, -0.1) is 0 Å². The van der Waals surface area contributed by atoms with Crippen LogP contribution in [0.15, 0.2) is 241 Å². The molecule has 12 aromatic rings. The zero-order chi connectivity index (χ0) is 41.0. The molecule has 1 aromatic heterocycles. The molecule has 2 heteroatoms. The molecular formula is C60H39NO. The summed E-state index contributed by atoms with van der Waals surface area (Å²) in [5.74, 6) is 0.877. The maximum absolute atomic E-state index is 6.22. The van der Waals surface area contributed by atoms with E-state index in [4.69, 9.17) is 4.42 Å². The molecule has 0 saturated carbocycles. The quantitative estimate of drug-likeness (QED) is 0.150. The normalized spacial score (nSPS) is 11.5. The third-order valence-electron chi connectivity index (χ3n) is 12.4. The SMILES string of the molecule is c1cc(-c2ccc3cc(N(c4ccc(-c5ccc6ccccc6c5)cc4)c4ccc(-c5cc6ccccc6c6ccccc56)cc4)ccc3c2)cc(-c2cc3ccccc3o2)c1. The molecule has 0 fully saturated rings. The van der Waals surface area contributed by atoms with E-state index in [0.29, 0.717) is 0 Å². The first-order valence-electron chi connectivity index (χ1n) is 21.2. The fraction of sp³-hybridized carbons (Fsp3) is 0. The standard InChI is InChI=1S/C60H39NO/c1-2-11-43-34-45(21-20-40(43)10-1)41-24-29-52(30-25-41)61(53-31-26-42(27-32-53)58-38-49-12-3-5-16-55(49)56-17-6-7-18-57(56)58)54-33-28-47-35-46(22-23-48(47)37-54)44-14-9-15-50(36-44)60-39-51-13-4-8-19-59(51)62-60/h1-39H. The van der Waals surface area contributed by atoms with Crippen molar-refractivity contribution in [2.75, 3.05) is 4.90 Å². The lowest BCUT2D eigenvalue weighted by molar-refractivity contribution is 0.631. The van der Waals surface area contributed by atoms with Crippen LogP contribution < -0.4 is 4.90 Å². The number of benzene rings is 11. The molecule has 0 radical (unpaired) electrons. The largest absolute Gasteiger partial charge is 0.456 e. The minimum absolute atomic E-state index is 0.877. The van der Waals surface area contributed by atoms with Gasteiger partial charge in [-0.25, -0.2) is 0 Å². The number of hydrogen-bond donors (Lipinski definition) is 0. The first-order valence-corrected chi connectivity index (χ1v) is 21.2. The average molecular weight is 790 g/mol. The van der Waals surface area contributed by atoms with Crippen molar-refractivity contribution in [3.05, 3.63) is 237 Å². The molecule has 11 aromatic carbocycles. The highest BCUT2D eigenvalue weighted by molar-refractivity contribution is 6.13. The van der Waals surface area contributed by atoms with Crippen LogP contribution in [0.2, 0.25) is 0 Å². The Morgan fingerprint density at radius 1 is 0.258 bits per heavy atom. The number of rotatable bonds is 7. The molecule has 0 aliphatic carbocycles. The Labute approximate surface area is 360 Å². The second kappa shape index (κ2) is 14.8. The third-order valence-corrected chi connectivity index (χ3v) is 12.4. The summed E-state index contributed by atoms with van der Waals surface area (Å²) >= 11 is 0. The highest BCUT2D eigenvalue weighted by Gasteiger charge is 2.16.